The molecule has 0 aliphatic rings. The molecule has 0 saturated heterocycles. The van der Waals surface area contributed by atoms with Crippen molar-refractivity contribution in [1.82, 2.24) is 10.6 Å². The minimum atomic E-state index is -0.119. The summed E-state index contributed by atoms with van der Waals surface area (Å²) >= 11 is 0. The number of aliphatic hydroxyl groups is 1. The van der Waals surface area contributed by atoms with E-state index in [1.807, 2.05) is 6.92 Å². The first-order valence-corrected chi connectivity index (χ1v) is 5.37. The van der Waals surface area contributed by atoms with Gasteiger partial charge in [0, 0.05) is 19.7 Å². The standard InChI is InChI=1S/C10H22N2O2/c1-3-5-9(6-7-13)8-12-10(14)11-4-2/h9,13H,3-8H2,1-2H3,(H2,11,12,14). The SMILES string of the molecule is CCCC(CCO)CNC(=O)NCC. The summed E-state index contributed by atoms with van der Waals surface area (Å²) in [4.78, 5) is 11.1. The van der Waals surface area contributed by atoms with Gasteiger partial charge in [0.25, 0.3) is 0 Å². The Kier molecular flexibility index (Phi) is 8.33. The summed E-state index contributed by atoms with van der Waals surface area (Å²) in [6.45, 7) is 5.49. The van der Waals surface area contributed by atoms with E-state index in [9.17, 15) is 4.79 Å². The molecule has 84 valence electrons. The fourth-order valence-corrected chi connectivity index (χ4v) is 1.40. The Morgan fingerprint density at radius 1 is 1.29 bits per heavy atom. The molecule has 0 rings (SSSR count). The molecule has 0 bridgehead atoms. The van der Waals surface area contributed by atoms with Crippen molar-refractivity contribution in [2.24, 2.45) is 5.92 Å². The van der Waals surface area contributed by atoms with Gasteiger partial charge >= 0.3 is 6.03 Å². The van der Waals surface area contributed by atoms with Gasteiger partial charge in [-0.05, 0) is 25.7 Å². The first-order valence-electron chi connectivity index (χ1n) is 5.37. The third kappa shape index (κ3) is 6.71. The van der Waals surface area contributed by atoms with Crippen molar-refractivity contribution in [3.8, 4) is 0 Å². The molecule has 0 aromatic carbocycles. The van der Waals surface area contributed by atoms with E-state index in [1.54, 1.807) is 0 Å². The van der Waals surface area contributed by atoms with Crippen molar-refractivity contribution in [2.75, 3.05) is 19.7 Å². The van der Waals surface area contributed by atoms with Gasteiger partial charge in [-0.15, -0.1) is 0 Å². The summed E-state index contributed by atoms with van der Waals surface area (Å²) in [6.07, 6.45) is 2.90. The van der Waals surface area contributed by atoms with Gasteiger partial charge in [0.2, 0.25) is 0 Å². The molecule has 0 saturated carbocycles. The Bertz CT molecular complexity index is 145. The van der Waals surface area contributed by atoms with E-state index < -0.39 is 0 Å². The first kappa shape index (κ1) is 13.2. The molecule has 14 heavy (non-hydrogen) atoms. The fraction of sp³-hybridized carbons (Fsp3) is 0.900. The van der Waals surface area contributed by atoms with Crippen molar-refractivity contribution in [1.29, 1.82) is 0 Å². The Labute approximate surface area is 86.1 Å². The highest BCUT2D eigenvalue weighted by molar-refractivity contribution is 5.73. The smallest absolute Gasteiger partial charge is 0.314 e. The molecular formula is C10H22N2O2. The number of hydrogen-bond donors (Lipinski definition) is 3. The van der Waals surface area contributed by atoms with Crippen LogP contribution in [0.2, 0.25) is 0 Å². The monoisotopic (exact) mass is 202 g/mol. The van der Waals surface area contributed by atoms with Crippen molar-refractivity contribution in [2.45, 2.75) is 33.1 Å². The molecular weight excluding hydrogens is 180 g/mol. The minimum Gasteiger partial charge on any atom is -0.396 e. The highest BCUT2D eigenvalue weighted by Crippen LogP contribution is 2.08. The van der Waals surface area contributed by atoms with Crippen LogP contribution in [0.15, 0.2) is 0 Å². The zero-order valence-corrected chi connectivity index (χ0v) is 9.18. The van der Waals surface area contributed by atoms with Crippen LogP contribution in [0.3, 0.4) is 0 Å². The molecule has 0 aliphatic heterocycles. The van der Waals surface area contributed by atoms with E-state index in [0.717, 1.165) is 19.3 Å². The zero-order chi connectivity index (χ0) is 10.8. The van der Waals surface area contributed by atoms with Gasteiger partial charge in [-0.25, -0.2) is 4.79 Å². The molecule has 4 nitrogen and oxygen atoms in total. The summed E-state index contributed by atoms with van der Waals surface area (Å²) < 4.78 is 0. The van der Waals surface area contributed by atoms with Crippen LogP contribution >= 0.6 is 0 Å². The molecule has 3 N–H and O–H groups in total. The maximum absolute atomic E-state index is 11.1. The molecule has 4 heteroatoms. The summed E-state index contributed by atoms with van der Waals surface area (Å²) in [5.41, 5.74) is 0. The van der Waals surface area contributed by atoms with Gasteiger partial charge in [0.15, 0.2) is 0 Å². The van der Waals surface area contributed by atoms with Crippen LogP contribution in [0.4, 0.5) is 4.79 Å². The van der Waals surface area contributed by atoms with Gasteiger partial charge in [0.05, 0.1) is 0 Å². The fourth-order valence-electron chi connectivity index (χ4n) is 1.40. The van der Waals surface area contributed by atoms with Crippen LogP contribution in [0.25, 0.3) is 0 Å². The van der Waals surface area contributed by atoms with Crippen LogP contribution < -0.4 is 10.6 Å². The topological polar surface area (TPSA) is 61.4 Å². The molecule has 0 fully saturated rings. The average Bonchev–Trinajstić information content (AvgIpc) is 2.15. The number of carbonyl (C=O) groups excluding carboxylic acids is 1. The Morgan fingerprint density at radius 2 is 2.00 bits per heavy atom. The summed E-state index contributed by atoms with van der Waals surface area (Å²) in [7, 11) is 0. The van der Waals surface area contributed by atoms with E-state index in [4.69, 9.17) is 5.11 Å². The van der Waals surface area contributed by atoms with E-state index in [0.29, 0.717) is 19.0 Å². The van der Waals surface area contributed by atoms with Crippen LogP contribution in [0, 0.1) is 5.92 Å². The second-order valence-electron chi connectivity index (χ2n) is 3.41. The predicted molar refractivity (Wildman–Crippen MR) is 57.2 cm³/mol. The van der Waals surface area contributed by atoms with E-state index in [1.165, 1.54) is 0 Å². The molecule has 1 atom stereocenters. The van der Waals surface area contributed by atoms with Gasteiger partial charge < -0.3 is 15.7 Å². The normalized spacial score (nSPS) is 12.2. The molecule has 0 aromatic heterocycles. The molecule has 0 spiro atoms. The summed E-state index contributed by atoms with van der Waals surface area (Å²) in [6, 6.07) is -0.119. The summed E-state index contributed by atoms with van der Waals surface area (Å²) in [5.74, 6) is 0.396. The minimum absolute atomic E-state index is 0.119. The summed E-state index contributed by atoms with van der Waals surface area (Å²) in [5, 5.41) is 14.3. The lowest BCUT2D eigenvalue weighted by molar-refractivity contribution is 0.229. The van der Waals surface area contributed by atoms with Crippen molar-refractivity contribution in [3.05, 3.63) is 0 Å². The highest BCUT2D eigenvalue weighted by atomic mass is 16.3. The lowest BCUT2D eigenvalue weighted by Gasteiger charge is -2.15. The van der Waals surface area contributed by atoms with Gasteiger partial charge in [-0.1, -0.05) is 13.3 Å². The molecule has 0 aromatic rings. The lowest BCUT2D eigenvalue weighted by atomic mass is 10.0. The van der Waals surface area contributed by atoms with E-state index >= 15 is 0 Å². The molecule has 0 aliphatic carbocycles. The maximum atomic E-state index is 11.1. The predicted octanol–water partition coefficient (Wildman–Crippen LogP) is 1.10. The number of aliphatic hydroxyl groups excluding tert-OH is 1. The third-order valence-corrected chi connectivity index (χ3v) is 2.12. The number of amides is 2. The average molecular weight is 202 g/mol. The Morgan fingerprint density at radius 3 is 2.50 bits per heavy atom. The maximum Gasteiger partial charge on any atom is 0.314 e. The Hall–Kier alpha value is -0.770. The molecule has 0 radical (unpaired) electrons. The van der Waals surface area contributed by atoms with Crippen LogP contribution in [0.5, 0.6) is 0 Å². The molecule has 0 heterocycles. The molecule has 1 unspecified atom stereocenters. The van der Waals surface area contributed by atoms with Gasteiger partial charge in [-0.3, -0.25) is 0 Å². The van der Waals surface area contributed by atoms with Crippen LogP contribution in [-0.2, 0) is 0 Å². The van der Waals surface area contributed by atoms with Crippen molar-refractivity contribution < 1.29 is 9.90 Å². The van der Waals surface area contributed by atoms with Crippen LogP contribution in [-0.4, -0.2) is 30.8 Å². The van der Waals surface area contributed by atoms with Gasteiger partial charge in [0.1, 0.15) is 0 Å². The Balaban J connectivity index is 3.63. The molecule has 2 amide bonds. The first-order chi connectivity index (χ1) is 6.74. The second-order valence-corrected chi connectivity index (χ2v) is 3.41. The highest BCUT2D eigenvalue weighted by Gasteiger charge is 2.08. The number of carbonyl (C=O) groups is 1. The third-order valence-electron chi connectivity index (χ3n) is 2.12. The van der Waals surface area contributed by atoms with Crippen LogP contribution in [0.1, 0.15) is 33.1 Å². The quantitative estimate of drug-likeness (QED) is 0.579. The van der Waals surface area contributed by atoms with Gasteiger partial charge in [-0.2, -0.15) is 0 Å². The van der Waals surface area contributed by atoms with Crippen molar-refractivity contribution >= 4 is 6.03 Å². The largest absolute Gasteiger partial charge is 0.396 e. The van der Waals surface area contributed by atoms with E-state index in [2.05, 4.69) is 17.6 Å². The zero-order valence-electron chi connectivity index (χ0n) is 9.18. The second kappa shape index (κ2) is 8.81. The number of urea groups is 1. The van der Waals surface area contributed by atoms with E-state index in [-0.39, 0.29) is 12.6 Å². The number of nitrogens with one attached hydrogen (secondary N) is 2. The number of rotatable bonds is 7. The number of hydrogen-bond acceptors (Lipinski definition) is 2. The van der Waals surface area contributed by atoms with Crippen molar-refractivity contribution in [3.63, 3.8) is 0 Å². The lowest BCUT2D eigenvalue weighted by Crippen LogP contribution is -2.38.